The van der Waals surface area contributed by atoms with Crippen molar-refractivity contribution in [2.45, 2.75) is 33.1 Å². The van der Waals surface area contributed by atoms with Crippen molar-refractivity contribution in [2.75, 3.05) is 30.3 Å². The van der Waals surface area contributed by atoms with Crippen molar-refractivity contribution in [2.24, 2.45) is 5.73 Å². The van der Waals surface area contributed by atoms with Crippen molar-refractivity contribution in [3.05, 3.63) is 4.88 Å². The van der Waals surface area contributed by atoms with Gasteiger partial charge in [0.05, 0.1) is 0 Å². The second kappa shape index (κ2) is 8.46. The van der Waals surface area contributed by atoms with Crippen LogP contribution in [0.4, 0.5) is 10.9 Å². The maximum atomic E-state index is 12.0. The summed E-state index contributed by atoms with van der Waals surface area (Å²) in [5, 5.41) is 3.54. The molecule has 1 aromatic heterocycles. The first-order valence-electron chi connectivity index (χ1n) is 7.07. The van der Waals surface area contributed by atoms with E-state index in [1.54, 1.807) is 0 Å². The van der Waals surface area contributed by atoms with E-state index in [4.69, 9.17) is 11.5 Å². The molecule has 0 saturated carbocycles. The number of thiazole rings is 1. The smallest absolute Gasteiger partial charge is 0.265 e. The number of nitrogen functional groups attached to an aromatic ring is 1. The van der Waals surface area contributed by atoms with Gasteiger partial charge in [-0.25, -0.2) is 4.98 Å². The lowest BCUT2D eigenvalue weighted by Gasteiger charge is -2.16. The third kappa shape index (κ3) is 5.22. The molecule has 0 aliphatic carbocycles. The van der Waals surface area contributed by atoms with Gasteiger partial charge in [-0.05, 0) is 26.7 Å². The van der Waals surface area contributed by atoms with Crippen LogP contribution in [0.5, 0.6) is 0 Å². The molecule has 0 atom stereocenters. The van der Waals surface area contributed by atoms with Crippen molar-refractivity contribution in [3.63, 3.8) is 0 Å². The van der Waals surface area contributed by atoms with E-state index < -0.39 is 0 Å². The first kappa shape index (κ1) is 17.2. The summed E-state index contributed by atoms with van der Waals surface area (Å²) in [5.74, 6) is -0.282. The fourth-order valence-corrected chi connectivity index (χ4v) is 2.85. The Bertz CT molecular complexity index is 485. The number of rotatable bonds is 9. The van der Waals surface area contributed by atoms with Gasteiger partial charge < -0.3 is 21.7 Å². The minimum atomic E-state index is -0.322. The van der Waals surface area contributed by atoms with Gasteiger partial charge in [0.25, 0.3) is 5.91 Å². The van der Waals surface area contributed by atoms with Crippen LogP contribution in [0.3, 0.4) is 0 Å². The number of aromatic nitrogens is 1. The van der Waals surface area contributed by atoms with Gasteiger partial charge in [0.15, 0.2) is 5.13 Å². The molecular weight excluding hydrogens is 290 g/mol. The molecule has 8 heteroatoms. The number of hydrogen-bond donors (Lipinski definition) is 3. The lowest BCUT2D eigenvalue weighted by Crippen LogP contribution is -2.24. The number of nitrogens with zero attached hydrogens (tertiary/aromatic N) is 2. The highest BCUT2D eigenvalue weighted by molar-refractivity contribution is 7.18. The van der Waals surface area contributed by atoms with Gasteiger partial charge in [-0.1, -0.05) is 11.3 Å². The molecule has 2 amide bonds. The minimum absolute atomic E-state index is 0.220. The van der Waals surface area contributed by atoms with Gasteiger partial charge in [-0.2, -0.15) is 0 Å². The number of nitrogens with two attached hydrogens (primary N) is 2. The van der Waals surface area contributed by atoms with Crippen LogP contribution in [0.25, 0.3) is 0 Å². The molecular formula is C13H23N5O2S. The minimum Gasteiger partial charge on any atom is -0.382 e. The summed E-state index contributed by atoms with van der Waals surface area (Å²) >= 11 is 1.30. The van der Waals surface area contributed by atoms with Crippen molar-refractivity contribution in [3.8, 4) is 0 Å². The number of nitrogens with one attached hydrogen (secondary N) is 1. The Morgan fingerprint density at radius 1 is 1.29 bits per heavy atom. The Labute approximate surface area is 128 Å². The maximum Gasteiger partial charge on any atom is 0.265 e. The summed E-state index contributed by atoms with van der Waals surface area (Å²) in [6, 6.07) is 0. The number of hydrogen-bond acceptors (Lipinski definition) is 6. The zero-order chi connectivity index (χ0) is 15.8. The van der Waals surface area contributed by atoms with E-state index in [1.807, 2.05) is 18.7 Å². The summed E-state index contributed by atoms with van der Waals surface area (Å²) in [5.41, 5.74) is 10.9. The summed E-state index contributed by atoms with van der Waals surface area (Å²) < 4.78 is 0. The van der Waals surface area contributed by atoms with Gasteiger partial charge in [0, 0.05) is 26.1 Å². The van der Waals surface area contributed by atoms with Crippen molar-refractivity contribution >= 4 is 34.1 Å². The van der Waals surface area contributed by atoms with E-state index in [0.29, 0.717) is 30.7 Å². The van der Waals surface area contributed by atoms with Gasteiger partial charge in [-0.15, -0.1) is 0 Å². The van der Waals surface area contributed by atoms with Crippen LogP contribution in [0, 0.1) is 0 Å². The number of carbonyl (C=O) groups excluding carboxylic acids is 2. The predicted octanol–water partition coefficient (Wildman–Crippen LogP) is 0.957. The van der Waals surface area contributed by atoms with Crippen LogP contribution >= 0.6 is 11.3 Å². The summed E-state index contributed by atoms with van der Waals surface area (Å²) in [6.07, 6.45) is 1.71. The molecule has 118 valence electrons. The quantitative estimate of drug-likeness (QED) is 0.587. The highest BCUT2D eigenvalue weighted by atomic mass is 32.1. The van der Waals surface area contributed by atoms with Crippen LogP contribution < -0.4 is 21.7 Å². The van der Waals surface area contributed by atoms with Crippen LogP contribution in [0.15, 0.2) is 0 Å². The summed E-state index contributed by atoms with van der Waals surface area (Å²) in [4.78, 5) is 29.4. The van der Waals surface area contributed by atoms with Gasteiger partial charge in [0.1, 0.15) is 10.7 Å². The van der Waals surface area contributed by atoms with Gasteiger partial charge in [0.2, 0.25) is 5.91 Å². The monoisotopic (exact) mass is 313 g/mol. The van der Waals surface area contributed by atoms with E-state index in [1.165, 1.54) is 11.3 Å². The molecule has 0 aliphatic heterocycles. The average Bonchev–Trinajstić information content (AvgIpc) is 2.81. The molecule has 0 radical (unpaired) electrons. The molecule has 0 saturated heterocycles. The first-order valence-corrected chi connectivity index (χ1v) is 7.88. The van der Waals surface area contributed by atoms with Crippen LogP contribution in [-0.2, 0) is 4.79 Å². The molecule has 0 spiro atoms. The molecule has 7 nitrogen and oxygen atoms in total. The van der Waals surface area contributed by atoms with Crippen molar-refractivity contribution in [1.29, 1.82) is 0 Å². The number of carbonyl (C=O) groups is 2. The van der Waals surface area contributed by atoms with E-state index >= 15 is 0 Å². The number of unbranched alkanes of at least 4 members (excludes halogenated alkanes) is 1. The Morgan fingerprint density at radius 2 is 1.95 bits per heavy atom. The molecule has 1 aromatic rings. The van der Waals surface area contributed by atoms with E-state index in [9.17, 15) is 9.59 Å². The molecule has 1 rings (SSSR count). The molecule has 0 unspecified atom stereocenters. The third-order valence-electron chi connectivity index (χ3n) is 3.02. The highest BCUT2D eigenvalue weighted by Crippen LogP contribution is 2.27. The molecule has 0 bridgehead atoms. The lowest BCUT2D eigenvalue weighted by molar-refractivity contribution is -0.118. The summed E-state index contributed by atoms with van der Waals surface area (Å²) in [6.45, 7) is 6.18. The Hall–Kier alpha value is -1.83. The zero-order valence-corrected chi connectivity index (χ0v) is 13.3. The molecule has 21 heavy (non-hydrogen) atoms. The Morgan fingerprint density at radius 3 is 2.52 bits per heavy atom. The molecule has 0 aliphatic rings. The van der Waals surface area contributed by atoms with Gasteiger partial charge in [-0.3, -0.25) is 9.59 Å². The largest absolute Gasteiger partial charge is 0.382 e. The normalized spacial score (nSPS) is 10.4. The fourth-order valence-electron chi connectivity index (χ4n) is 1.82. The number of primary amides is 1. The zero-order valence-electron chi connectivity index (χ0n) is 12.5. The Balaban J connectivity index is 2.52. The summed E-state index contributed by atoms with van der Waals surface area (Å²) in [7, 11) is 0. The number of anilines is 2. The second-order valence-electron chi connectivity index (χ2n) is 4.56. The average molecular weight is 313 g/mol. The van der Waals surface area contributed by atoms with Crippen molar-refractivity contribution < 1.29 is 9.59 Å². The van der Waals surface area contributed by atoms with Crippen molar-refractivity contribution in [1.82, 2.24) is 10.3 Å². The highest BCUT2D eigenvalue weighted by Gasteiger charge is 2.18. The molecule has 0 fully saturated rings. The lowest BCUT2D eigenvalue weighted by atomic mass is 10.2. The predicted molar refractivity (Wildman–Crippen MR) is 85.5 cm³/mol. The van der Waals surface area contributed by atoms with E-state index in [-0.39, 0.29) is 17.6 Å². The SMILES string of the molecule is CCN(CC)c1nc(N)c(C(=O)NCCCCC(N)=O)s1. The first-order chi connectivity index (χ1) is 9.99. The van der Waals surface area contributed by atoms with E-state index in [2.05, 4.69) is 10.3 Å². The standard InChI is InChI=1S/C13H23N5O2S/c1-3-18(4-2)13-17-11(15)10(21-13)12(20)16-8-6-5-7-9(14)19/h3-8,15H2,1-2H3,(H2,14,19)(H,16,20). The van der Waals surface area contributed by atoms with Gasteiger partial charge >= 0.3 is 0 Å². The molecule has 0 aromatic carbocycles. The van der Waals surface area contributed by atoms with Crippen LogP contribution in [0.1, 0.15) is 42.8 Å². The van der Waals surface area contributed by atoms with Crippen LogP contribution in [-0.4, -0.2) is 36.4 Å². The Kier molecular flexibility index (Phi) is 6.93. The third-order valence-corrected chi connectivity index (χ3v) is 4.15. The fraction of sp³-hybridized carbons (Fsp3) is 0.615. The topological polar surface area (TPSA) is 114 Å². The molecule has 1 heterocycles. The number of amides is 2. The molecule has 5 N–H and O–H groups in total. The van der Waals surface area contributed by atoms with E-state index in [0.717, 1.165) is 18.2 Å². The van der Waals surface area contributed by atoms with Crippen LogP contribution in [0.2, 0.25) is 0 Å². The second-order valence-corrected chi connectivity index (χ2v) is 5.54. The maximum absolute atomic E-state index is 12.0.